The van der Waals surface area contributed by atoms with Gasteiger partial charge in [0.1, 0.15) is 5.78 Å². The van der Waals surface area contributed by atoms with E-state index >= 15 is 0 Å². The number of ether oxygens (including phenoxy) is 2. The number of hydrogen-bond acceptors (Lipinski definition) is 8. The molecule has 8 aliphatic carbocycles. The summed E-state index contributed by atoms with van der Waals surface area (Å²) in [5.74, 6) is 10.7. The molecule has 0 aromatic heterocycles. The first kappa shape index (κ1) is 130. The fourth-order valence-corrected chi connectivity index (χ4v) is 28.7. The van der Waals surface area contributed by atoms with Crippen molar-refractivity contribution < 1.29 is 47.5 Å². The lowest BCUT2D eigenvalue weighted by atomic mass is 9.56. The van der Waals surface area contributed by atoms with Crippen LogP contribution in [0.15, 0.2) is 0 Å². The number of carbonyl (C=O) groups excluding carboxylic acids is 3. The standard InChI is InChI=1S/C16H30O2.C15H30O.C15H30.C14H24F2.C14H26O.C14H28.C13H24N2O2.C13H26.C12H24O2/c1-14(2,3)12-7-8-16(17-9-10-18-16)11-13(12)15(4,5)6;1-13(2,3)11-8-9-15(7,16)10-12(11)14(4,5)6;1-11-8-9-12(14(2,3)4)13(10-11)15(5,6)7;1-12(2,3)10-8-7-9(8)14(15,16)11(10)13(4,5)6;1-13(2,3)11-8-7-10(15)9-12(11)14(4,5)6;1-13(2,3)11-9-7-8-10-12(11)14(4,5)6;1-12(2,3)8-9(13(4,5)6)15(7)11(17)14-10(8)16;1-10(2)12-8-6-5-7-9-13(12)11(3)4;1-11(2,3)9-7-13-14-8-10(9)12(4,5)6/h12-13H,7-11H2,1-6H3;11-12,16H,8-10H2,1-7H3;11-13H,8-10H2,1-7H3;8-11H,7H2,1-6H3;11-12H,7-9H2,1-6H3;11-12H,7-10H2,1-6H3;8-9H,1-7H3,(H,14,16,17);10-13H,5-9H2,1-4H3;9-10H,7-8H2,1-6H3. The summed E-state index contributed by atoms with van der Waals surface area (Å²) >= 11 is 0. The third-order valence-electron chi connectivity index (χ3n) is 36.5. The lowest BCUT2D eigenvalue weighted by Gasteiger charge is -2.51. The molecule has 22 atom stereocenters. The van der Waals surface area contributed by atoms with Crippen LogP contribution < -0.4 is 5.32 Å². The fraction of sp³-hybridized carbons (Fsp3) is 0.976. The van der Waals surface area contributed by atoms with Crippen LogP contribution in [0.3, 0.4) is 0 Å². The lowest BCUT2D eigenvalue weighted by Crippen LogP contribution is -2.65. The van der Waals surface area contributed by atoms with Crippen LogP contribution in [0.1, 0.15) is 515 Å². The Bertz CT molecular complexity index is 3490. The van der Waals surface area contributed by atoms with E-state index in [0.29, 0.717) is 101 Å². The number of urea groups is 1. The van der Waals surface area contributed by atoms with Gasteiger partial charge in [0.25, 0.3) is 5.92 Å². The third-order valence-corrected chi connectivity index (χ3v) is 36.5. The number of nitrogens with zero attached hydrogens (tertiary/aromatic N) is 1. The van der Waals surface area contributed by atoms with Crippen molar-refractivity contribution in [1.29, 1.82) is 0 Å². The zero-order chi connectivity index (χ0) is 108. The molecule has 0 aromatic rings. The number of Topliss-reactive ketones (excluding diaryl/α,β-unsaturated/α-hetero) is 1. The fourth-order valence-electron chi connectivity index (χ4n) is 28.7. The van der Waals surface area contributed by atoms with E-state index in [4.69, 9.17) is 19.2 Å². The Hall–Kier alpha value is -1.73. The highest BCUT2D eigenvalue weighted by molar-refractivity contribution is 5.99. The summed E-state index contributed by atoms with van der Waals surface area (Å²) in [6.07, 6.45) is 27.4. The van der Waals surface area contributed by atoms with Gasteiger partial charge in [-0.05, 0) is 283 Å². The first-order valence-electron chi connectivity index (χ1n) is 57.0. The van der Waals surface area contributed by atoms with Crippen molar-refractivity contribution in [3.8, 4) is 0 Å². The van der Waals surface area contributed by atoms with Gasteiger partial charge in [0.05, 0.1) is 44.0 Å². The molecule has 3 heterocycles. The van der Waals surface area contributed by atoms with Gasteiger partial charge in [-0.1, -0.05) is 405 Å². The molecule has 8 saturated carbocycles. The number of carbonyl (C=O) groups is 3. The molecular formula is C126H242F2N2O8. The maximum absolute atomic E-state index is 14.3. The lowest BCUT2D eigenvalue weighted by molar-refractivity contribution is -0.353. The summed E-state index contributed by atoms with van der Waals surface area (Å²) < 4.78 is 40.5. The predicted octanol–water partition coefficient (Wildman–Crippen LogP) is 37.2. The SMILES string of the molecule is CC(C)(C)C1C2CC2C(F)(F)C1C(C)(C)C.CC(C)(C)C1CCC(=O)CC1C(C)(C)C.CC(C)(C)C1CCC2(CC1C(C)(C)C)OCCO2.CC(C)(C)C1CCCCC1C(C)(C)C.CC(C)(C)C1COOCC1C(C)(C)C.CC(C)C1CCCCCC1C(C)C.CC1(O)CCC(C(C)(C)C)C(C(C)(C)C)C1.CC1CCC(C(C)(C)C)C(C(C)(C)C)C1.CN1C(=O)NC(=O)C(C(C)(C)C)C1C(C)(C)C. The molecule has 11 rings (SSSR count). The van der Waals surface area contributed by atoms with Gasteiger partial charge in [-0.2, -0.15) is 0 Å². The molecule has 11 aliphatic rings. The van der Waals surface area contributed by atoms with Gasteiger partial charge in [0, 0.05) is 44.6 Å². The van der Waals surface area contributed by atoms with Crippen LogP contribution in [0.25, 0.3) is 0 Å². The van der Waals surface area contributed by atoms with Crippen molar-refractivity contribution in [3.63, 3.8) is 0 Å². The monoisotopic (exact) mass is 1950 g/mol. The minimum absolute atomic E-state index is 0.00269. The molecule has 3 aliphatic heterocycles. The topological polar surface area (TPSA) is 124 Å². The molecule has 11 fully saturated rings. The van der Waals surface area contributed by atoms with Crippen LogP contribution in [0, 0.1) is 217 Å². The molecule has 138 heavy (non-hydrogen) atoms. The van der Waals surface area contributed by atoms with Crippen molar-refractivity contribution in [2.45, 2.75) is 538 Å². The first-order valence-corrected chi connectivity index (χ1v) is 57.0. The van der Waals surface area contributed by atoms with Crippen LogP contribution >= 0.6 is 0 Å². The molecule has 1 spiro atoms. The molecule has 2 N–H and O–H groups in total. The van der Waals surface area contributed by atoms with Gasteiger partial charge in [-0.25, -0.2) is 23.4 Å². The quantitative estimate of drug-likeness (QED) is 0.207. The van der Waals surface area contributed by atoms with Crippen LogP contribution in [-0.4, -0.2) is 84.6 Å². The number of aliphatic hydroxyl groups is 1. The van der Waals surface area contributed by atoms with Crippen molar-refractivity contribution >= 4 is 17.7 Å². The number of fused-ring (bicyclic) bond motifs is 1. The van der Waals surface area contributed by atoms with Gasteiger partial charge in [-0.3, -0.25) is 14.9 Å². The summed E-state index contributed by atoms with van der Waals surface area (Å²) in [6, 6.07) is -0.376. The number of hydrogen-bond donors (Lipinski definition) is 2. The number of nitrogens with one attached hydrogen (secondary N) is 1. The second-order valence-electron chi connectivity index (χ2n) is 65.7. The Morgan fingerprint density at radius 1 is 0.370 bits per heavy atom. The van der Waals surface area contributed by atoms with E-state index in [0.717, 1.165) is 143 Å². The molecule has 818 valence electrons. The summed E-state index contributed by atoms with van der Waals surface area (Å²) in [6.45, 7) is 126. The number of rotatable bonds is 2. The molecule has 3 amide bonds. The van der Waals surface area contributed by atoms with Crippen molar-refractivity contribution in [2.75, 3.05) is 33.5 Å². The summed E-state index contributed by atoms with van der Waals surface area (Å²) in [5.41, 5.74) is 3.44. The Labute approximate surface area is 859 Å². The molecule has 22 unspecified atom stereocenters. The normalized spacial score (nSPS) is 32.9. The highest BCUT2D eigenvalue weighted by Gasteiger charge is 2.74. The first-order chi connectivity index (χ1) is 61.3. The number of amides is 3. The second-order valence-corrected chi connectivity index (χ2v) is 65.7. The average Bonchev–Trinajstić information content (AvgIpc) is 1.52. The van der Waals surface area contributed by atoms with Crippen molar-refractivity contribution in [1.82, 2.24) is 10.2 Å². The Morgan fingerprint density at radius 2 is 0.710 bits per heavy atom. The van der Waals surface area contributed by atoms with E-state index in [-0.39, 0.29) is 74.5 Å². The maximum atomic E-state index is 14.3. The van der Waals surface area contributed by atoms with E-state index in [1.807, 2.05) is 48.5 Å². The highest BCUT2D eigenvalue weighted by atomic mass is 19.3. The molecule has 10 nitrogen and oxygen atoms in total. The molecule has 12 heteroatoms. The Morgan fingerprint density at radius 3 is 1.04 bits per heavy atom. The minimum atomic E-state index is -2.44. The summed E-state index contributed by atoms with van der Waals surface area (Å²) in [7, 11) is 1.76. The Balaban J connectivity index is 0.000000400. The summed E-state index contributed by atoms with van der Waals surface area (Å²) in [4.78, 5) is 47.3. The average molecular weight is 1950 g/mol. The highest BCUT2D eigenvalue weighted by Crippen LogP contribution is 2.72. The number of ketones is 1. The van der Waals surface area contributed by atoms with Gasteiger partial charge >= 0.3 is 6.03 Å². The van der Waals surface area contributed by atoms with Crippen LogP contribution in [-0.2, 0) is 28.8 Å². The van der Waals surface area contributed by atoms with Gasteiger partial charge in [0.2, 0.25) is 5.91 Å². The van der Waals surface area contributed by atoms with E-state index in [2.05, 4.69) is 331 Å². The largest absolute Gasteiger partial charge is 0.390 e. The third kappa shape index (κ3) is 39.0. The van der Waals surface area contributed by atoms with Crippen molar-refractivity contribution in [3.05, 3.63) is 0 Å². The van der Waals surface area contributed by atoms with Gasteiger partial charge in [0.15, 0.2) is 5.79 Å². The molecule has 0 bridgehead atoms. The number of halogens is 2. The van der Waals surface area contributed by atoms with Crippen LogP contribution in [0.5, 0.6) is 0 Å². The molecule has 3 saturated heterocycles. The maximum Gasteiger partial charge on any atom is 0.324 e. The number of imide groups is 1. The minimum Gasteiger partial charge on any atom is -0.390 e. The zero-order valence-electron chi connectivity index (χ0n) is 103. The zero-order valence-corrected chi connectivity index (χ0v) is 103. The molecule has 0 aromatic carbocycles. The second kappa shape index (κ2) is 48.5. The van der Waals surface area contributed by atoms with E-state index in [9.17, 15) is 28.3 Å². The van der Waals surface area contributed by atoms with E-state index < -0.39 is 17.4 Å². The van der Waals surface area contributed by atoms with Crippen LogP contribution in [0.4, 0.5) is 13.6 Å². The van der Waals surface area contributed by atoms with Gasteiger partial charge in [-0.15, -0.1) is 0 Å². The van der Waals surface area contributed by atoms with E-state index in [1.54, 1.807) is 11.9 Å². The van der Waals surface area contributed by atoms with Crippen LogP contribution in [0.2, 0.25) is 0 Å². The summed E-state index contributed by atoms with van der Waals surface area (Å²) in [5, 5.41) is 12.7. The predicted molar refractivity (Wildman–Crippen MR) is 590 cm³/mol. The molecular weight excluding hydrogens is 1710 g/mol. The Kier molecular flexibility index (Phi) is 45.8. The number of alkyl halides is 2. The van der Waals surface area contributed by atoms with Crippen molar-refractivity contribution in [2.24, 2.45) is 217 Å². The van der Waals surface area contributed by atoms with Gasteiger partial charge < -0.3 is 19.5 Å². The van der Waals surface area contributed by atoms with E-state index in [1.165, 1.54) is 89.9 Å². The smallest absolute Gasteiger partial charge is 0.324 e. The molecule has 0 radical (unpaired) electrons.